The Bertz CT molecular complexity index is 715. The van der Waals surface area contributed by atoms with Gasteiger partial charge in [-0.2, -0.15) is 0 Å². The first-order chi connectivity index (χ1) is 10.2. The summed E-state index contributed by atoms with van der Waals surface area (Å²) in [5.41, 5.74) is -0.442. The van der Waals surface area contributed by atoms with E-state index in [-0.39, 0.29) is 21.2 Å². The van der Waals surface area contributed by atoms with Crippen LogP contribution in [0.5, 0.6) is 5.75 Å². The van der Waals surface area contributed by atoms with Crippen molar-refractivity contribution in [1.82, 2.24) is 0 Å². The maximum Gasteiger partial charge on any atom is 0.573 e. The van der Waals surface area contributed by atoms with Crippen LogP contribution in [0.2, 0.25) is 10.0 Å². The molecule has 0 fully saturated rings. The van der Waals surface area contributed by atoms with E-state index in [1.165, 1.54) is 12.1 Å². The third kappa shape index (κ3) is 3.61. The molecule has 0 heterocycles. The standard InChI is InChI=1S/C13H6Cl2F3NO3/c14-9-2-1-3-10(15)12(9)8-5-4-7(22-13(16,17)18)6-11(8)19(20)21/h1-6H. The second-order valence-electron chi connectivity index (χ2n) is 4.08. The number of ether oxygens (including phenoxy) is 1. The topological polar surface area (TPSA) is 52.4 Å². The Balaban J connectivity index is 2.60. The van der Waals surface area contributed by atoms with E-state index in [1.807, 2.05) is 0 Å². The second kappa shape index (κ2) is 6.02. The third-order valence-corrected chi connectivity index (χ3v) is 3.26. The summed E-state index contributed by atoms with van der Waals surface area (Å²) in [4.78, 5) is 10.3. The Morgan fingerprint density at radius 1 is 1.09 bits per heavy atom. The van der Waals surface area contributed by atoms with Crippen LogP contribution < -0.4 is 4.74 Å². The van der Waals surface area contributed by atoms with Crippen molar-refractivity contribution in [2.45, 2.75) is 6.36 Å². The minimum atomic E-state index is -4.95. The highest BCUT2D eigenvalue weighted by Crippen LogP contribution is 2.41. The average Bonchev–Trinajstić information content (AvgIpc) is 2.37. The van der Waals surface area contributed by atoms with Crippen LogP contribution in [-0.4, -0.2) is 11.3 Å². The smallest absolute Gasteiger partial charge is 0.406 e. The van der Waals surface area contributed by atoms with Gasteiger partial charge in [-0.3, -0.25) is 10.1 Å². The molecule has 4 nitrogen and oxygen atoms in total. The van der Waals surface area contributed by atoms with Crippen molar-refractivity contribution in [3.8, 4) is 16.9 Å². The molecule has 9 heteroatoms. The van der Waals surface area contributed by atoms with E-state index in [4.69, 9.17) is 23.2 Å². The molecule has 0 bridgehead atoms. The predicted octanol–water partition coefficient (Wildman–Crippen LogP) is 5.47. The highest BCUT2D eigenvalue weighted by atomic mass is 35.5. The Morgan fingerprint density at radius 2 is 1.68 bits per heavy atom. The van der Waals surface area contributed by atoms with Crippen molar-refractivity contribution in [3.63, 3.8) is 0 Å². The SMILES string of the molecule is O=[N+]([O-])c1cc(OC(F)(F)F)ccc1-c1c(Cl)cccc1Cl. The van der Waals surface area contributed by atoms with Gasteiger partial charge in [-0.1, -0.05) is 29.3 Å². The molecule has 0 atom stereocenters. The van der Waals surface area contributed by atoms with Gasteiger partial charge in [0.15, 0.2) is 0 Å². The molecule has 0 spiro atoms. The van der Waals surface area contributed by atoms with E-state index in [2.05, 4.69) is 4.74 Å². The minimum absolute atomic E-state index is 0.00451. The van der Waals surface area contributed by atoms with E-state index in [1.54, 1.807) is 6.07 Å². The maximum atomic E-state index is 12.2. The molecular formula is C13H6Cl2F3NO3. The molecule has 2 aromatic carbocycles. The number of halogens is 5. The maximum absolute atomic E-state index is 12.2. The Kier molecular flexibility index (Phi) is 4.48. The van der Waals surface area contributed by atoms with Crippen LogP contribution in [0.15, 0.2) is 36.4 Å². The Morgan fingerprint density at radius 3 is 2.18 bits per heavy atom. The van der Waals surface area contributed by atoms with E-state index < -0.39 is 22.7 Å². The molecule has 116 valence electrons. The van der Waals surface area contributed by atoms with Crippen LogP contribution in [-0.2, 0) is 0 Å². The first-order valence-electron chi connectivity index (χ1n) is 5.67. The molecule has 2 rings (SSSR count). The molecule has 0 saturated carbocycles. The fourth-order valence-electron chi connectivity index (χ4n) is 1.83. The molecule has 0 amide bonds. The summed E-state index contributed by atoms with van der Waals surface area (Å²) < 4.78 is 40.2. The number of nitro groups is 1. The lowest BCUT2D eigenvalue weighted by molar-refractivity contribution is -0.384. The third-order valence-electron chi connectivity index (χ3n) is 2.63. The molecule has 0 aliphatic rings. The lowest BCUT2D eigenvalue weighted by Gasteiger charge is -2.11. The van der Waals surface area contributed by atoms with Gasteiger partial charge in [0.1, 0.15) is 5.75 Å². The summed E-state index contributed by atoms with van der Waals surface area (Å²) in [5, 5.41) is 11.4. The number of alkyl halides is 3. The average molecular weight is 352 g/mol. The number of nitrogens with zero attached hydrogens (tertiary/aromatic N) is 1. The Hall–Kier alpha value is -1.99. The van der Waals surface area contributed by atoms with Gasteiger partial charge >= 0.3 is 6.36 Å². The lowest BCUT2D eigenvalue weighted by Crippen LogP contribution is -2.17. The van der Waals surface area contributed by atoms with Crippen molar-refractivity contribution >= 4 is 28.9 Å². The van der Waals surface area contributed by atoms with Gasteiger partial charge in [-0.15, -0.1) is 13.2 Å². The summed E-state index contributed by atoms with van der Waals surface area (Å²) in [7, 11) is 0. The molecule has 0 aromatic heterocycles. The monoisotopic (exact) mass is 351 g/mol. The molecule has 2 aromatic rings. The zero-order chi connectivity index (χ0) is 16.5. The zero-order valence-corrected chi connectivity index (χ0v) is 12.0. The molecular weight excluding hydrogens is 346 g/mol. The number of hydrogen-bond acceptors (Lipinski definition) is 3. The van der Waals surface area contributed by atoms with Crippen molar-refractivity contribution in [2.75, 3.05) is 0 Å². The molecule has 0 unspecified atom stereocenters. The molecule has 22 heavy (non-hydrogen) atoms. The van der Waals surface area contributed by atoms with Gasteiger partial charge in [0.25, 0.3) is 5.69 Å². The van der Waals surface area contributed by atoms with Crippen LogP contribution in [0.25, 0.3) is 11.1 Å². The summed E-state index contributed by atoms with van der Waals surface area (Å²) in [6, 6.07) is 7.20. The van der Waals surface area contributed by atoms with Crippen LogP contribution >= 0.6 is 23.2 Å². The van der Waals surface area contributed by atoms with Crippen molar-refractivity contribution in [3.05, 3.63) is 56.6 Å². The van der Waals surface area contributed by atoms with Gasteiger partial charge in [-0.05, 0) is 24.3 Å². The molecule has 0 radical (unpaired) electrons. The van der Waals surface area contributed by atoms with Gasteiger partial charge in [0.2, 0.25) is 0 Å². The van der Waals surface area contributed by atoms with Crippen molar-refractivity contribution in [2.24, 2.45) is 0 Å². The second-order valence-corrected chi connectivity index (χ2v) is 4.89. The quantitative estimate of drug-likeness (QED) is 0.544. The first kappa shape index (κ1) is 16.4. The van der Waals surface area contributed by atoms with Crippen molar-refractivity contribution in [1.29, 1.82) is 0 Å². The van der Waals surface area contributed by atoms with E-state index in [0.29, 0.717) is 6.07 Å². The summed E-state index contributed by atoms with van der Waals surface area (Å²) >= 11 is 11.9. The lowest BCUT2D eigenvalue weighted by atomic mass is 10.0. The number of nitro benzene ring substituents is 1. The molecule has 0 N–H and O–H groups in total. The van der Waals surface area contributed by atoms with Gasteiger partial charge in [0.05, 0.1) is 26.6 Å². The summed E-state index contributed by atoms with van der Waals surface area (Å²) in [6.07, 6.45) is -4.95. The number of hydrogen-bond donors (Lipinski definition) is 0. The summed E-state index contributed by atoms with van der Waals surface area (Å²) in [6.45, 7) is 0. The van der Waals surface area contributed by atoms with Crippen molar-refractivity contribution < 1.29 is 22.8 Å². The van der Waals surface area contributed by atoms with Gasteiger partial charge in [-0.25, -0.2) is 0 Å². The fraction of sp³-hybridized carbons (Fsp3) is 0.0769. The Labute approximate surface area is 132 Å². The van der Waals surface area contributed by atoms with E-state index in [9.17, 15) is 23.3 Å². The fourth-order valence-corrected chi connectivity index (χ4v) is 2.43. The largest absolute Gasteiger partial charge is 0.573 e. The van der Waals surface area contributed by atoms with Gasteiger partial charge in [0, 0.05) is 5.56 Å². The normalized spacial score (nSPS) is 11.3. The predicted molar refractivity (Wildman–Crippen MR) is 75.2 cm³/mol. The van der Waals surface area contributed by atoms with Gasteiger partial charge < -0.3 is 4.74 Å². The number of rotatable bonds is 3. The van der Waals surface area contributed by atoms with Crippen LogP contribution in [0.3, 0.4) is 0 Å². The molecule has 0 saturated heterocycles. The first-order valence-corrected chi connectivity index (χ1v) is 6.43. The summed E-state index contributed by atoms with van der Waals surface area (Å²) in [5.74, 6) is -0.703. The zero-order valence-electron chi connectivity index (χ0n) is 10.5. The molecule has 0 aliphatic heterocycles. The van der Waals surface area contributed by atoms with Crippen LogP contribution in [0, 0.1) is 10.1 Å². The van der Waals surface area contributed by atoms with E-state index in [0.717, 1.165) is 12.1 Å². The van der Waals surface area contributed by atoms with Crippen LogP contribution in [0.4, 0.5) is 18.9 Å². The highest BCUT2D eigenvalue weighted by molar-refractivity contribution is 6.39. The molecule has 0 aliphatic carbocycles. The minimum Gasteiger partial charge on any atom is -0.406 e. The van der Waals surface area contributed by atoms with E-state index >= 15 is 0 Å². The van der Waals surface area contributed by atoms with Crippen LogP contribution in [0.1, 0.15) is 0 Å². The number of benzene rings is 2. The highest BCUT2D eigenvalue weighted by Gasteiger charge is 2.32.